The van der Waals surface area contributed by atoms with E-state index in [1.54, 1.807) is 36.4 Å². The van der Waals surface area contributed by atoms with Crippen LogP contribution >= 0.6 is 11.6 Å². The van der Waals surface area contributed by atoms with Gasteiger partial charge in [-0.15, -0.1) is 0 Å². The smallest absolute Gasteiger partial charge is 0.244 e. The molecule has 1 atom stereocenters. The minimum absolute atomic E-state index is 0.0409. The van der Waals surface area contributed by atoms with E-state index in [0.29, 0.717) is 29.7 Å². The number of anilines is 1. The van der Waals surface area contributed by atoms with E-state index in [4.69, 9.17) is 21.1 Å². The van der Waals surface area contributed by atoms with Gasteiger partial charge in [0.25, 0.3) is 0 Å². The molecule has 2 aliphatic rings. The summed E-state index contributed by atoms with van der Waals surface area (Å²) in [6, 6.07) is 20.5. The molecule has 11 heteroatoms. The summed E-state index contributed by atoms with van der Waals surface area (Å²) >= 11 is 6.28. The molecule has 0 bridgehead atoms. The molecule has 0 radical (unpaired) electrons. The van der Waals surface area contributed by atoms with Crippen LogP contribution in [0.3, 0.4) is 0 Å². The summed E-state index contributed by atoms with van der Waals surface area (Å²) in [5, 5.41) is 3.65. The van der Waals surface area contributed by atoms with E-state index in [9.17, 15) is 18.0 Å². The summed E-state index contributed by atoms with van der Waals surface area (Å²) < 4.78 is 38.4. The molecule has 1 aliphatic heterocycles. The Morgan fingerprint density at radius 1 is 0.930 bits per heavy atom. The molecular formula is C32H36ClN3O6S. The van der Waals surface area contributed by atoms with Crippen LogP contribution in [0.25, 0.3) is 0 Å². The molecule has 1 saturated carbocycles. The van der Waals surface area contributed by atoms with Crippen LogP contribution in [0.5, 0.6) is 11.5 Å². The van der Waals surface area contributed by atoms with E-state index in [1.807, 2.05) is 36.4 Å². The van der Waals surface area contributed by atoms with Crippen molar-refractivity contribution in [3.8, 4) is 11.5 Å². The van der Waals surface area contributed by atoms with Gasteiger partial charge in [0, 0.05) is 30.1 Å². The summed E-state index contributed by atoms with van der Waals surface area (Å²) in [6.07, 6.45) is 5.16. The minimum Gasteiger partial charge on any atom is -0.486 e. The lowest BCUT2D eigenvalue weighted by atomic mass is 10.0. The molecule has 9 nitrogen and oxygen atoms in total. The van der Waals surface area contributed by atoms with Gasteiger partial charge in [-0.2, -0.15) is 0 Å². The Labute approximate surface area is 257 Å². The molecule has 1 fully saturated rings. The third kappa shape index (κ3) is 8.00. The Bertz CT molecular complexity index is 1550. The van der Waals surface area contributed by atoms with Crippen LogP contribution in [0.2, 0.25) is 5.02 Å². The van der Waals surface area contributed by atoms with Crippen LogP contribution in [0.4, 0.5) is 5.69 Å². The molecule has 43 heavy (non-hydrogen) atoms. The monoisotopic (exact) mass is 625 g/mol. The van der Waals surface area contributed by atoms with Crippen molar-refractivity contribution in [2.75, 3.05) is 30.3 Å². The number of amides is 2. The molecule has 3 aromatic carbocycles. The number of hydrogen-bond donors (Lipinski definition) is 1. The molecule has 2 amide bonds. The first-order valence-electron chi connectivity index (χ1n) is 14.4. The normalized spacial score (nSPS) is 15.5. The van der Waals surface area contributed by atoms with Gasteiger partial charge in [-0.05, 0) is 48.2 Å². The first-order valence-corrected chi connectivity index (χ1v) is 16.7. The molecule has 1 N–H and O–H groups in total. The number of carbonyl (C=O) groups is 2. The van der Waals surface area contributed by atoms with Gasteiger partial charge in [-0.25, -0.2) is 8.42 Å². The van der Waals surface area contributed by atoms with Crippen molar-refractivity contribution in [1.29, 1.82) is 0 Å². The molecule has 3 aromatic rings. The van der Waals surface area contributed by atoms with E-state index >= 15 is 0 Å². The van der Waals surface area contributed by atoms with Crippen molar-refractivity contribution in [3.05, 3.63) is 88.9 Å². The number of rotatable bonds is 11. The largest absolute Gasteiger partial charge is 0.486 e. The zero-order chi connectivity index (χ0) is 30.4. The van der Waals surface area contributed by atoms with Crippen molar-refractivity contribution < 1.29 is 27.5 Å². The topological polar surface area (TPSA) is 105 Å². The highest BCUT2D eigenvalue weighted by Gasteiger charge is 2.34. The molecule has 0 spiro atoms. The molecule has 0 aromatic heterocycles. The highest BCUT2D eigenvalue weighted by Crippen LogP contribution is 2.35. The highest BCUT2D eigenvalue weighted by molar-refractivity contribution is 7.92. The SMILES string of the molecule is CS(=O)(=O)N(CC(=O)N(Cc1cccc(Cl)c1)[C@@H](Cc1ccccc1)C(=O)NC1CCCC1)c1ccc2c(c1)OCCO2. The number of carbonyl (C=O) groups excluding carboxylic acids is 2. The van der Waals surface area contributed by atoms with E-state index in [0.717, 1.165) is 47.4 Å². The summed E-state index contributed by atoms with van der Waals surface area (Å²) in [4.78, 5) is 29.7. The summed E-state index contributed by atoms with van der Waals surface area (Å²) in [7, 11) is -3.91. The number of halogens is 1. The highest BCUT2D eigenvalue weighted by atomic mass is 35.5. The number of nitrogens with one attached hydrogen (secondary N) is 1. The second-order valence-electron chi connectivity index (χ2n) is 10.9. The first kappa shape index (κ1) is 30.7. The number of nitrogens with zero attached hydrogens (tertiary/aromatic N) is 2. The molecule has 1 heterocycles. The Morgan fingerprint density at radius 3 is 2.33 bits per heavy atom. The van der Waals surface area contributed by atoms with E-state index in [1.165, 1.54) is 4.90 Å². The molecule has 0 saturated heterocycles. The van der Waals surface area contributed by atoms with E-state index < -0.39 is 28.5 Å². The second kappa shape index (κ2) is 13.7. The lowest BCUT2D eigenvalue weighted by Crippen LogP contribution is -2.54. The maximum Gasteiger partial charge on any atom is 0.244 e. The van der Waals surface area contributed by atoms with Crippen LogP contribution in [0.15, 0.2) is 72.8 Å². The maximum absolute atomic E-state index is 14.3. The Balaban J connectivity index is 1.50. The van der Waals surface area contributed by atoms with Crippen LogP contribution in [-0.2, 0) is 32.6 Å². The van der Waals surface area contributed by atoms with Crippen molar-refractivity contribution in [1.82, 2.24) is 10.2 Å². The molecule has 5 rings (SSSR count). The van der Waals surface area contributed by atoms with Crippen molar-refractivity contribution >= 4 is 39.1 Å². The zero-order valence-corrected chi connectivity index (χ0v) is 25.6. The minimum atomic E-state index is -3.91. The number of fused-ring (bicyclic) bond motifs is 1. The zero-order valence-electron chi connectivity index (χ0n) is 24.1. The van der Waals surface area contributed by atoms with Gasteiger partial charge in [0.05, 0.1) is 11.9 Å². The number of ether oxygens (including phenoxy) is 2. The Hall–Kier alpha value is -3.76. The summed E-state index contributed by atoms with van der Waals surface area (Å²) in [6.45, 7) is 0.276. The van der Waals surface area contributed by atoms with Crippen molar-refractivity contribution in [2.24, 2.45) is 0 Å². The van der Waals surface area contributed by atoms with Crippen LogP contribution in [0.1, 0.15) is 36.8 Å². The average Bonchev–Trinajstić information content (AvgIpc) is 3.50. The number of hydrogen-bond acceptors (Lipinski definition) is 6. The van der Waals surface area contributed by atoms with Gasteiger partial charge < -0.3 is 19.7 Å². The van der Waals surface area contributed by atoms with Crippen LogP contribution in [0, 0.1) is 0 Å². The summed E-state index contributed by atoms with van der Waals surface area (Å²) in [5.41, 5.74) is 1.86. The molecule has 1 aliphatic carbocycles. The van der Waals surface area contributed by atoms with E-state index in [-0.39, 0.29) is 30.6 Å². The molecular weight excluding hydrogens is 590 g/mol. The van der Waals surface area contributed by atoms with Gasteiger partial charge in [0.2, 0.25) is 21.8 Å². The van der Waals surface area contributed by atoms with E-state index in [2.05, 4.69) is 5.32 Å². The third-order valence-corrected chi connectivity index (χ3v) is 9.08. The number of sulfonamides is 1. The second-order valence-corrected chi connectivity index (χ2v) is 13.3. The standard InChI is InChI=1S/C32H36ClN3O6S/c1-43(39,40)36(27-14-15-29-30(20-27)42-17-16-41-29)22-31(37)35(21-24-10-7-11-25(33)18-24)28(19-23-8-3-2-4-9-23)32(38)34-26-12-5-6-13-26/h2-4,7-11,14-15,18,20,26,28H,5-6,12-13,16-17,19,21-22H2,1H3,(H,34,38)/t28-/m0/s1. The predicted octanol–water partition coefficient (Wildman–Crippen LogP) is 4.58. The average molecular weight is 626 g/mol. The third-order valence-electron chi connectivity index (χ3n) is 7.71. The van der Waals surface area contributed by atoms with Crippen LogP contribution < -0.4 is 19.1 Å². The van der Waals surface area contributed by atoms with Gasteiger partial charge >= 0.3 is 0 Å². The van der Waals surface area contributed by atoms with Gasteiger partial charge in [-0.1, -0.05) is 66.9 Å². The van der Waals surface area contributed by atoms with Crippen molar-refractivity contribution in [3.63, 3.8) is 0 Å². The fourth-order valence-electron chi connectivity index (χ4n) is 5.55. The summed E-state index contributed by atoms with van der Waals surface area (Å²) in [5.74, 6) is 0.113. The fraction of sp³-hybridized carbons (Fsp3) is 0.375. The predicted molar refractivity (Wildman–Crippen MR) is 166 cm³/mol. The lowest BCUT2D eigenvalue weighted by Gasteiger charge is -2.34. The number of benzene rings is 3. The first-order chi connectivity index (χ1) is 20.7. The fourth-order valence-corrected chi connectivity index (χ4v) is 6.61. The Kier molecular flexibility index (Phi) is 9.77. The van der Waals surface area contributed by atoms with Crippen LogP contribution in [-0.4, -0.2) is 63.2 Å². The van der Waals surface area contributed by atoms with Gasteiger partial charge in [0.1, 0.15) is 25.8 Å². The Morgan fingerprint density at radius 2 is 1.63 bits per heavy atom. The lowest BCUT2D eigenvalue weighted by molar-refractivity contribution is -0.140. The molecule has 228 valence electrons. The van der Waals surface area contributed by atoms with Gasteiger partial charge in [-0.3, -0.25) is 13.9 Å². The van der Waals surface area contributed by atoms with Gasteiger partial charge in [0.15, 0.2) is 11.5 Å². The van der Waals surface area contributed by atoms with Crippen molar-refractivity contribution in [2.45, 2.75) is 50.7 Å². The molecule has 0 unspecified atom stereocenters. The maximum atomic E-state index is 14.3. The quantitative estimate of drug-likeness (QED) is 0.335.